The van der Waals surface area contributed by atoms with Crippen molar-refractivity contribution >= 4 is 13.5 Å². The van der Waals surface area contributed by atoms with Crippen LogP contribution in [0.4, 0.5) is 0 Å². The summed E-state index contributed by atoms with van der Waals surface area (Å²) in [6.45, 7) is 5.28. The summed E-state index contributed by atoms with van der Waals surface area (Å²) >= 11 is 0. The van der Waals surface area contributed by atoms with Gasteiger partial charge in [-0.2, -0.15) is 0 Å². The second-order valence-electron chi connectivity index (χ2n) is 5.46. The fourth-order valence-corrected chi connectivity index (χ4v) is 5.25. The lowest BCUT2D eigenvalue weighted by Gasteiger charge is -2.40. The van der Waals surface area contributed by atoms with Crippen LogP contribution in [0, 0.1) is 0 Å². The number of carbonyl (C=O) groups excluding carboxylic acids is 1. The van der Waals surface area contributed by atoms with Gasteiger partial charge in [-0.15, -0.1) is 0 Å². The molecule has 0 aromatic heterocycles. The fraction of sp³-hybridized carbons (Fsp3) is 0.316. The van der Waals surface area contributed by atoms with Gasteiger partial charge in [-0.1, -0.05) is 60.7 Å². The first-order valence-electron chi connectivity index (χ1n) is 8.29. The smallest absolute Gasteiger partial charge is 0.332 e. The van der Waals surface area contributed by atoms with Crippen molar-refractivity contribution in [3.63, 3.8) is 0 Å². The van der Waals surface area contributed by atoms with Crippen molar-refractivity contribution in [2.45, 2.75) is 26.1 Å². The van der Waals surface area contributed by atoms with Crippen LogP contribution in [0.5, 0.6) is 0 Å². The van der Waals surface area contributed by atoms with Crippen molar-refractivity contribution in [2.75, 3.05) is 13.2 Å². The molecule has 6 heteroatoms. The second kappa shape index (κ2) is 8.43. The van der Waals surface area contributed by atoms with Crippen molar-refractivity contribution in [1.29, 1.82) is 0 Å². The number of nitrogens with one attached hydrogen (secondary N) is 1. The first-order chi connectivity index (χ1) is 12.0. The van der Waals surface area contributed by atoms with Crippen molar-refractivity contribution in [3.05, 3.63) is 71.8 Å². The number of amides is 1. The summed E-state index contributed by atoms with van der Waals surface area (Å²) in [4.78, 5) is 12.1. The van der Waals surface area contributed by atoms with E-state index in [1.807, 2.05) is 60.7 Å². The monoisotopic (exact) mass is 361 g/mol. The normalized spacial score (nSPS) is 12.0. The Bertz CT molecular complexity index is 684. The van der Waals surface area contributed by atoms with E-state index in [-0.39, 0.29) is 19.1 Å². The van der Waals surface area contributed by atoms with E-state index in [4.69, 9.17) is 9.05 Å². The van der Waals surface area contributed by atoms with Crippen molar-refractivity contribution in [2.24, 2.45) is 0 Å². The van der Waals surface area contributed by atoms with E-state index in [2.05, 4.69) is 5.32 Å². The van der Waals surface area contributed by atoms with Crippen molar-refractivity contribution in [1.82, 2.24) is 5.32 Å². The van der Waals surface area contributed by atoms with Gasteiger partial charge < -0.3 is 14.4 Å². The molecular weight excluding hydrogens is 337 g/mol. The summed E-state index contributed by atoms with van der Waals surface area (Å²) in [5.41, 5.74) is 1.28. The molecule has 5 nitrogen and oxygen atoms in total. The minimum Gasteiger partial charge on any atom is -0.332 e. The van der Waals surface area contributed by atoms with E-state index >= 15 is 0 Å². The summed E-state index contributed by atoms with van der Waals surface area (Å²) in [6, 6.07) is 18.3. The van der Waals surface area contributed by atoms with Crippen molar-refractivity contribution < 1.29 is 18.4 Å². The van der Waals surface area contributed by atoms with Crippen molar-refractivity contribution in [3.8, 4) is 0 Å². The average Bonchev–Trinajstić information content (AvgIpc) is 2.61. The number of hydrogen-bond donors (Lipinski definition) is 1. The molecule has 1 N–H and O–H groups in total. The molecule has 25 heavy (non-hydrogen) atoms. The van der Waals surface area contributed by atoms with Gasteiger partial charge in [0.2, 0.25) is 5.91 Å². The van der Waals surface area contributed by atoms with Crippen LogP contribution < -0.4 is 5.32 Å². The number of benzene rings is 2. The quantitative estimate of drug-likeness (QED) is 0.713. The molecule has 0 aliphatic carbocycles. The highest BCUT2D eigenvalue weighted by molar-refractivity contribution is 7.55. The van der Waals surface area contributed by atoms with Gasteiger partial charge in [0.15, 0.2) is 5.28 Å². The van der Waals surface area contributed by atoms with Gasteiger partial charge in [-0.05, 0) is 25.0 Å². The summed E-state index contributed by atoms with van der Waals surface area (Å²) in [5, 5.41) is 1.46. The highest BCUT2D eigenvalue weighted by atomic mass is 31.2. The zero-order valence-corrected chi connectivity index (χ0v) is 15.7. The molecule has 0 fully saturated rings. The third kappa shape index (κ3) is 3.84. The third-order valence-corrected chi connectivity index (χ3v) is 6.39. The van der Waals surface area contributed by atoms with Gasteiger partial charge in [0.25, 0.3) is 0 Å². The first-order valence-corrected chi connectivity index (χ1v) is 9.83. The highest BCUT2D eigenvalue weighted by Gasteiger charge is 2.54. The van der Waals surface area contributed by atoms with Crippen LogP contribution in [0.25, 0.3) is 0 Å². The summed E-state index contributed by atoms with van der Waals surface area (Å²) in [7, 11) is -3.79. The van der Waals surface area contributed by atoms with E-state index in [1.165, 1.54) is 6.92 Å². The Balaban J connectivity index is 2.84. The molecule has 0 spiro atoms. The van der Waals surface area contributed by atoms with Gasteiger partial charge >= 0.3 is 7.60 Å². The molecule has 0 atom stereocenters. The maximum absolute atomic E-state index is 13.9. The summed E-state index contributed by atoms with van der Waals surface area (Å²) < 4.78 is 25.2. The van der Waals surface area contributed by atoms with Crippen LogP contribution in [-0.4, -0.2) is 19.1 Å². The number of hydrogen-bond acceptors (Lipinski definition) is 4. The zero-order valence-electron chi connectivity index (χ0n) is 14.8. The second-order valence-corrected chi connectivity index (χ2v) is 7.64. The molecule has 0 aliphatic rings. The molecule has 1 amide bonds. The topological polar surface area (TPSA) is 64.6 Å². The molecule has 2 aromatic carbocycles. The van der Waals surface area contributed by atoms with Crippen LogP contribution in [0.15, 0.2) is 60.7 Å². The predicted molar refractivity (Wildman–Crippen MR) is 98.3 cm³/mol. The van der Waals surface area contributed by atoms with Gasteiger partial charge in [0.1, 0.15) is 0 Å². The lowest BCUT2D eigenvalue weighted by molar-refractivity contribution is -0.120. The Morgan fingerprint density at radius 2 is 1.32 bits per heavy atom. The van der Waals surface area contributed by atoms with E-state index < -0.39 is 12.9 Å². The van der Waals surface area contributed by atoms with E-state index in [1.54, 1.807) is 13.8 Å². The molecule has 0 heterocycles. The molecule has 2 rings (SSSR count). The molecule has 0 radical (unpaired) electrons. The average molecular weight is 361 g/mol. The molecule has 0 aliphatic heterocycles. The minimum absolute atomic E-state index is 0.193. The molecular formula is C19H24NO4P. The van der Waals surface area contributed by atoms with Gasteiger partial charge in [0, 0.05) is 6.92 Å². The summed E-state index contributed by atoms with van der Waals surface area (Å²) in [6.07, 6.45) is 0. The first kappa shape index (κ1) is 19.4. The van der Waals surface area contributed by atoms with Crippen LogP contribution >= 0.6 is 7.60 Å². The van der Waals surface area contributed by atoms with E-state index in [0.717, 1.165) is 0 Å². The Morgan fingerprint density at radius 3 is 1.64 bits per heavy atom. The molecule has 0 saturated carbocycles. The largest absolute Gasteiger partial charge is 0.365 e. The predicted octanol–water partition coefficient (Wildman–Crippen LogP) is 4.29. The summed E-state index contributed by atoms with van der Waals surface area (Å²) in [5.74, 6) is -0.327. The van der Waals surface area contributed by atoms with E-state index in [9.17, 15) is 9.36 Å². The molecule has 0 saturated heterocycles. The maximum atomic E-state index is 13.9. The Kier molecular flexibility index (Phi) is 6.54. The lowest BCUT2D eigenvalue weighted by atomic mass is 9.97. The third-order valence-electron chi connectivity index (χ3n) is 3.75. The maximum Gasteiger partial charge on any atom is 0.365 e. The van der Waals surface area contributed by atoms with Gasteiger partial charge in [-0.3, -0.25) is 9.36 Å². The lowest BCUT2D eigenvalue weighted by Crippen LogP contribution is -2.46. The molecule has 0 unspecified atom stereocenters. The van der Waals surface area contributed by atoms with Crippen LogP contribution in [0.3, 0.4) is 0 Å². The molecule has 0 bridgehead atoms. The van der Waals surface area contributed by atoms with E-state index in [0.29, 0.717) is 11.1 Å². The van der Waals surface area contributed by atoms with Gasteiger partial charge in [0.05, 0.1) is 13.2 Å². The Labute approximate surface area is 148 Å². The highest BCUT2D eigenvalue weighted by Crippen LogP contribution is 2.66. The zero-order chi connectivity index (χ0) is 18.3. The van der Waals surface area contributed by atoms with Gasteiger partial charge in [-0.25, -0.2) is 0 Å². The Morgan fingerprint density at radius 1 is 0.920 bits per heavy atom. The number of rotatable bonds is 8. The SMILES string of the molecule is CCOP(=O)(OCC)C(NC(C)=O)(c1ccccc1)c1ccccc1. The standard InChI is InChI=1S/C19H24NO4P/c1-4-23-25(22,24-5-2)19(20-16(3)21,17-12-8-6-9-13-17)18-14-10-7-11-15-18/h6-15H,4-5H2,1-3H3,(H,20,21). The van der Waals surface area contributed by atoms with Crippen LogP contribution in [-0.2, 0) is 23.7 Å². The Hall–Kier alpha value is -1.94. The van der Waals surface area contributed by atoms with Crippen LogP contribution in [0.2, 0.25) is 0 Å². The molecule has 2 aromatic rings. The molecule has 134 valence electrons. The van der Waals surface area contributed by atoms with Crippen LogP contribution in [0.1, 0.15) is 31.9 Å². The minimum atomic E-state index is -3.79. The number of carbonyl (C=O) groups is 1. The fourth-order valence-electron chi connectivity index (χ4n) is 2.88.